The van der Waals surface area contributed by atoms with Gasteiger partial charge in [0.25, 0.3) is 0 Å². The van der Waals surface area contributed by atoms with E-state index in [0.29, 0.717) is 17.9 Å². The number of hydrogen-bond donors (Lipinski definition) is 2. The molecule has 0 aromatic rings. The van der Waals surface area contributed by atoms with Crippen LogP contribution >= 0.6 is 0 Å². The van der Waals surface area contributed by atoms with Gasteiger partial charge in [-0.3, -0.25) is 0 Å². The first-order chi connectivity index (χ1) is 8.33. The van der Waals surface area contributed by atoms with E-state index in [1.165, 1.54) is 0 Å². The summed E-state index contributed by atoms with van der Waals surface area (Å²) in [7, 11) is 0. The third kappa shape index (κ3) is 4.37. The minimum Gasteiger partial charge on any atom is -0.463 e. The predicted molar refractivity (Wildman–Crippen MR) is 65.9 cm³/mol. The van der Waals surface area contributed by atoms with Crippen molar-refractivity contribution in [3.63, 3.8) is 0 Å². The highest BCUT2D eigenvalue weighted by Gasteiger charge is 2.24. The van der Waals surface area contributed by atoms with Crippen LogP contribution in [0.4, 0.5) is 4.79 Å². The third-order valence-corrected chi connectivity index (χ3v) is 2.23. The van der Waals surface area contributed by atoms with E-state index in [0.717, 1.165) is 0 Å². The summed E-state index contributed by atoms with van der Waals surface area (Å²) in [6.07, 6.45) is 0. The normalized spacial score (nSPS) is 16.1. The Bertz CT molecular complexity index is 369. The highest BCUT2D eigenvalue weighted by Crippen LogP contribution is 2.13. The van der Waals surface area contributed by atoms with E-state index in [2.05, 4.69) is 10.6 Å². The molecule has 1 aliphatic heterocycles. The molecule has 0 spiro atoms. The number of carbonyl (C=O) groups is 2. The molecule has 0 unspecified atom stereocenters. The van der Waals surface area contributed by atoms with Crippen molar-refractivity contribution in [3.8, 4) is 0 Å². The lowest BCUT2D eigenvalue weighted by Gasteiger charge is -2.25. The number of amides is 2. The van der Waals surface area contributed by atoms with E-state index in [-0.39, 0.29) is 24.8 Å². The van der Waals surface area contributed by atoms with Crippen molar-refractivity contribution in [1.29, 1.82) is 0 Å². The molecule has 0 saturated carbocycles. The minimum atomic E-state index is -0.433. The predicted octanol–water partition coefficient (Wildman–Crippen LogP) is 0.931. The number of ether oxygens (including phenoxy) is 2. The number of esters is 1. The molecule has 0 radical (unpaired) electrons. The topological polar surface area (TPSA) is 76.7 Å². The standard InChI is InChI=1S/C12H20N2O4/c1-5-17-10(15)8-6-13-11(16)14-9(8)7-18-12(2,3)4/h5-7H2,1-4H3,(H2,13,14,16). The molecule has 0 fully saturated rings. The Hall–Kier alpha value is -1.56. The zero-order valence-electron chi connectivity index (χ0n) is 11.3. The second-order valence-corrected chi connectivity index (χ2v) is 4.89. The molecule has 0 atom stereocenters. The van der Waals surface area contributed by atoms with Gasteiger partial charge < -0.3 is 20.1 Å². The second-order valence-electron chi connectivity index (χ2n) is 4.89. The van der Waals surface area contributed by atoms with Gasteiger partial charge in [0.1, 0.15) is 0 Å². The molecule has 1 aliphatic rings. The summed E-state index contributed by atoms with van der Waals surface area (Å²) in [6, 6.07) is -0.337. The first-order valence-corrected chi connectivity index (χ1v) is 5.91. The Kier molecular flexibility index (Phi) is 4.72. The summed E-state index contributed by atoms with van der Waals surface area (Å²) in [5.74, 6) is -0.433. The Morgan fingerprint density at radius 1 is 1.39 bits per heavy atom. The molecule has 0 saturated heterocycles. The fourth-order valence-electron chi connectivity index (χ4n) is 1.36. The zero-order chi connectivity index (χ0) is 13.8. The van der Waals surface area contributed by atoms with Crippen LogP contribution in [0.2, 0.25) is 0 Å². The maximum Gasteiger partial charge on any atom is 0.337 e. The molecule has 2 N–H and O–H groups in total. The molecular weight excluding hydrogens is 236 g/mol. The van der Waals surface area contributed by atoms with Crippen LogP contribution in [-0.2, 0) is 14.3 Å². The summed E-state index contributed by atoms with van der Waals surface area (Å²) in [6.45, 7) is 8.07. The Balaban J connectivity index is 2.81. The molecule has 1 rings (SSSR count). The molecule has 18 heavy (non-hydrogen) atoms. The van der Waals surface area contributed by atoms with Crippen LogP contribution < -0.4 is 10.6 Å². The van der Waals surface area contributed by atoms with Crippen molar-refractivity contribution in [1.82, 2.24) is 10.6 Å². The Labute approximate surface area is 107 Å². The van der Waals surface area contributed by atoms with Crippen molar-refractivity contribution in [2.24, 2.45) is 0 Å². The van der Waals surface area contributed by atoms with E-state index >= 15 is 0 Å². The first-order valence-electron chi connectivity index (χ1n) is 5.91. The molecule has 102 valence electrons. The molecule has 0 aromatic carbocycles. The van der Waals surface area contributed by atoms with Crippen LogP contribution in [-0.4, -0.2) is 37.4 Å². The van der Waals surface area contributed by atoms with Gasteiger partial charge >= 0.3 is 12.0 Å². The Morgan fingerprint density at radius 3 is 2.61 bits per heavy atom. The highest BCUT2D eigenvalue weighted by molar-refractivity contribution is 5.93. The summed E-state index contributed by atoms with van der Waals surface area (Å²) in [4.78, 5) is 23.0. The van der Waals surface area contributed by atoms with Crippen molar-refractivity contribution in [2.45, 2.75) is 33.3 Å². The van der Waals surface area contributed by atoms with Crippen LogP contribution in [0, 0.1) is 0 Å². The zero-order valence-corrected chi connectivity index (χ0v) is 11.3. The number of rotatable bonds is 4. The van der Waals surface area contributed by atoms with Crippen LogP contribution in [0.15, 0.2) is 11.3 Å². The number of nitrogens with one attached hydrogen (secondary N) is 2. The van der Waals surface area contributed by atoms with Gasteiger partial charge in [0.2, 0.25) is 0 Å². The molecule has 2 amide bonds. The van der Waals surface area contributed by atoms with Crippen LogP contribution in [0.25, 0.3) is 0 Å². The van der Waals surface area contributed by atoms with E-state index in [1.807, 2.05) is 20.8 Å². The monoisotopic (exact) mass is 256 g/mol. The minimum absolute atomic E-state index is 0.160. The summed E-state index contributed by atoms with van der Waals surface area (Å²) in [5, 5.41) is 5.12. The van der Waals surface area contributed by atoms with Gasteiger partial charge in [-0.05, 0) is 27.7 Å². The van der Waals surface area contributed by atoms with Gasteiger partial charge in [-0.2, -0.15) is 0 Å². The maximum atomic E-state index is 11.7. The van der Waals surface area contributed by atoms with E-state index < -0.39 is 5.97 Å². The maximum absolute atomic E-state index is 11.7. The Morgan fingerprint density at radius 2 is 2.06 bits per heavy atom. The fraction of sp³-hybridized carbons (Fsp3) is 0.667. The molecule has 0 aromatic heterocycles. The lowest BCUT2D eigenvalue weighted by atomic mass is 10.1. The molecule has 0 aliphatic carbocycles. The molecule has 6 heteroatoms. The van der Waals surface area contributed by atoms with Gasteiger partial charge in [0.15, 0.2) is 0 Å². The van der Waals surface area contributed by atoms with Crippen LogP contribution in [0.1, 0.15) is 27.7 Å². The van der Waals surface area contributed by atoms with E-state index in [9.17, 15) is 9.59 Å². The first kappa shape index (κ1) is 14.5. The van der Waals surface area contributed by atoms with Crippen molar-refractivity contribution in [3.05, 3.63) is 11.3 Å². The van der Waals surface area contributed by atoms with Gasteiger partial charge in [0, 0.05) is 0 Å². The van der Waals surface area contributed by atoms with Gasteiger partial charge in [0.05, 0.1) is 36.6 Å². The van der Waals surface area contributed by atoms with Gasteiger partial charge in [-0.15, -0.1) is 0 Å². The molecule has 6 nitrogen and oxygen atoms in total. The molecule has 1 heterocycles. The largest absolute Gasteiger partial charge is 0.463 e. The summed E-state index contributed by atoms with van der Waals surface area (Å²) < 4.78 is 10.5. The number of urea groups is 1. The number of hydrogen-bond acceptors (Lipinski definition) is 4. The summed E-state index contributed by atoms with van der Waals surface area (Å²) in [5.41, 5.74) is 0.523. The highest BCUT2D eigenvalue weighted by atomic mass is 16.5. The average Bonchev–Trinajstić information content (AvgIpc) is 2.25. The third-order valence-electron chi connectivity index (χ3n) is 2.23. The van der Waals surface area contributed by atoms with Crippen molar-refractivity contribution < 1.29 is 19.1 Å². The quantitative estimate of drug-likeness (QED) is 0.734. The van der Waals surface area contributed by atoms with Gasteiger partial charge in [-0.25, -0.2) is 9.59 Å². The lowest BCUT2D eigenvalue weighted by Crippen LogP contribution is -2.45. The SMILES string of the molecule is CCOC(=O)C1=C(COC(C)(C)C)NC(=O)NC1. The van der Waals surface area contributed by atoms with Crippen LogP contribution in [0.5, 0.6) is 0 Å². The van der Waals surface area contributed by atoms with Gasteiger partial charge in [-0.1, -0.05) is 0 Å². The fourth-order valence-corrected chi connectivity index (χ4v) is 1.36. The smallest absolute Gasteiger partial charge is 0.337 e. The van der Waals surface area contributed by atoms with Crippen molar-refractivity contribution >= 4 is 12.0 Å². The molecular formula is C12H20N2O4. The summed E-state index contributed by atoms with van der Waals surface area (Å²) >= 11 is 0. The number of carbonyl (C=O) groups excluding carboxylic acids is 2. The van der Waals surface area contributed by atoms with E-state index in [4.69, 9.17) is 9.47 Å². The van der Waals surface area contributed by atoms with Crippen LogP contribution in [0.3, 0.4) is 0 Å². The van der Waals surface area contributed by atoms with Crippen molar-refractivity contribution in [2.75, 3.05) is 19.8 Å². The van der Waals surface area contributed by atoms with E-state index in [1.54, 1.807) is 6.92 Å². The lowest BCUT2D eigenvalue weighted by molar-refractivity contribution is -0.138. The second kappa shape index (κ2) is 5.86. The molecule has 0 bridgehead atoms. The average molecular weight is 256 g/mol.